The van der Waals surface area contributed by atoms with Crippen molar-refractivity contribution in [1.82, 2.24) is 9.88 Å². The summed E-state index contributed by atoms with van der Waals surface area (Å²) in [4.78, 5) is 6.86. The second kappa shape index (κ2) is 5.55. The summed E-state index contributed by atoms with van der Waals surface area (Å²) >= 11 is 3.38. The molecule has 0 bridgehead atoms. The van der Waals surface area contributed by atoms with Crippen LogP contribution >= 0.6 is 15.9 Å². The summed E-state index contributed by atoms with van der Waals surface area (Å²) in [5, 5.41) is 3.34. The van der Waals surface area contributed by atoms with Crippen molar-refractivity contribution in [2.24, 2.45) is 0 Å². The van der Waals surface area contributed by atoms with Gasteiger partial charge in [-0.2, -0.15) is 0 Å². The van der Waals surface area contributed by atoms with E-state index in [4.69, 9.17) is 4.74 Å². The fraction of sp³-hybridized carbons (Fsp3) is 0.615. The van der Waals surface area contributed by atoms with Crippen LogP contribution in [0.25, 0.3) is 0 Å². The quantitative estimate of drug-likeness (QED) is 0.924. The van der Waals surface area contributed by atoms with Crippen LogP contribution in [0.5, 0.6) is 0 Å². The molecular formula is C13H18BrN3O. The average Bonchev–Trinajstić information content (AvgIpc) is 3.23. The van der Waals surface area contributed by atoms with Crippen molar-refractivity contribution in [3.63, 3.8) is 0 Å². The summed E-state index contributed by atoms with van der Waals surface area (Å²) in [5.41, 5.74) is 0. The van der Waals surface area contributed by atoms with Crippen LogP contribution in [0.1, 0.15) is 12.8 Å². The highest BCUT2D eigenvalue weighted by atomic mass is 79.9. The topological polar surface area (TPSA) is 37.4 Å². The van der Waals surface area contributed by atoms with Gasteiger partial charge in [0.25, 0.3) is 0 Å². The molecule has 0 radical (unpaired) electrons. The van der Waals surface area contributed by atoms with Crippen LogP contribution in [0.2, 0.25) is 0 Å². The molecular weight excluding hydrogens is 294 g/mol. The highest BCUT2D eigenvalue weighted by molar-refractivity contribution is 9.10. The number of anilines is 1. The van der Waals surface area contributed by atoms with Crippen LogP contribution in [-0.2, 0) is 4.74 Å². The predicted octanol–water partition coefficient (Wildman–Crippen LogP) is 2.12. The lowest BCUT2D eigenvalue weighted by molar-refractivity contribution is -0.0241. The number of hydrogen-bond donors (Lipinski definition) is 1. The normalized spacial score (nSPS) is 25.1. The van der Waals surface area contributed by atoms with E-state index in [2.05, 4.69) is 31.1 Å². The third-order valence-corrected chi connectivity index (χ3v) is 3.94. The second-order valence-electron chi connectivity index (χ2n) is 4.96. The van der Waals surface area contributed by atoms with E-state index >= 15 is 0 Å². The number of pyridine rings is 1. The molecule has 0 aromatic carbocycles. The van der Waals surface area contributed by atoms with E-state index in [1.54, 1.807) is 6.20 Å². The summed E-state index contributed by atoms with van der Waals surface area (Å²) in [6, 6.07) is 4.81. The van der Waals surface area contributed by atoms with Crippen molar-refractivity contribution in [1.29, 1.82) is 0 Å². The lowest BCUT2D eigenvalue weighted by Gasteiger charge is -2.33. The molecule has 98 valence electrons. The van der Waals surface area contributed by atoms with Crippen molar-refractivity contribution in [3.05, 3.63) is 22.8 Å². The Morgan fingerprint density at radius 3 is 3.06 bits per heavy atom. The predicted molar refractivity (Wildman–Crippen MR) is 74.8 cm³/mol. The smallest absolute Gasteiger partial charge is 0.126 e. The average molecular weight is 312 g/mol. The minimum atomic E-state index is 0.282. The molecule has 1 saturated carbocycles. The molecule has 5 heteroatoms. The molecule has 2 fully saturated rings. The maximum Gasteiger partial charge on any atom is 0.126 e. The van der Waals surface area contributed by atoms with Crippen molar-refractivity contribution in [2.75, 3.05) is 31.6 Å². The second-order valence-corrected chi connectivity index (χ2v) is 5.88. The van der Waals surface area contributed by atoms with Gasteiger partial charge in [-0.3, -0.25) is 4.90 Å². The van der Waals surface area contributed by atoms with Crippen LogP contribution in [0.4, 0.5) is 5.82 Å². The largest absolute Gasteiger partial charge is 0.374 e. The molecule has 0 spiro atoms. The van der Waals surface area contributed by atoms with Gasteiger partial charge in [0.05, 0.1) is 12.7 Å². The van der Waals surface area contributed by atoms with Crippen LogP contribution in [0.15, 0.2) is 22.8 Å². The summed E-state index contributed by atoms with van der Waals surface area (Å²) in [5.74, 6) is 0.908. The van der Waals surface area contributed by atoms with Crippen LogP contribution in [0.3, 0.4) is 0 Å². The number of halogens is 1. The van der Waals surface area contributed by atoms with Gasteiger partial charge in [0, 0.05) is 36.3 Å². The Hall–Kier alpha value is -0.650. The van der Waals surface area contributed by atoms with Gasteiger partial charge >= 0.3 is 0 Å². The van der Waals surface area contributed by atoms with E-state index in [9.17, 15) is 0 Å². The summed E-state index contributed by atoms with van der Waals surface area (Å²) in [6.07, 6.45) is 4.83. The highest BCUT2D eigenvalue weighted by Crippen LogP contribution is 2.28. The van der Waals surface area contributed by atoms with Crippen molar-refractivity contribution >= 4 is 21.7 Å². The van der Waals surface area contributed by atoms with Crippen molar-refractivity contribution in [2.45, 2.75) is 25.0 Å². The van der Waals surface area contributed by atoms with Crippen molar-refractivity contribution < 1.29 is 4.74 Å². The summed E-state index contributed by atoms with van der Waals surface area (Å²) in [6.45, 7) is 3.83. The van der Waals surface area contributed by atoms with Gasteiger partial charge in [0.2, 0.25) is 0 Å². The zero-order valence-electron chi connectivity index (χ0n) is 10.3. The third kappa shape index (κ3) is 3.22. The number of ether oxygens (including phenoxy) is 1. The summed E-state index contributed by atoms with van der Waals surface area (Å²) < 4.78 is 6.79. The molecule has 18 heavy (non-hydrogen) atoms. The number of hydrogen-bond acceptors (Lipinski definition) is 4. The molecule has 2 heterocycles. The number of nitrogens with zero attached hydrogens (tertiary/aromatic N) is 2. The molecule has 1 aromatic rings. The molecule has 4 nitrogen and oxygen atoms in total. The van der Waals surface area contributed by atoms with Gasteiger partial charge in [0.15, 0.2) is 0 Å². The lowest BCUT2D eigenvalue weighted by Crippen LogP contribution is -2.46. The molecule has 1 N–H and O–H groups in total. The summed E-state index contributed by atoms with van der Waals surface area (Å²) in [7, 11) is 0. The molecule has 3 rings (SSSR count). The van der Waals surface area contributed by atoms with Gasteiger partial charge in [0.1, 0.15) is 5.82 Å². The minimum Gasteiger partial charge on any atom is -0.374 e. The molecule has 1 aliphatic heterocycles. The monoisotopic (exact) mass is 311 g/mol. The molecule has 1 saturated heterocycles. The maximum absolute atomic E-state index is 5.79. The van der Waals surface area contributed by atoms with Crippen molar-refractivity contribution in [3.8, 4) is 0 Å². The Balaban J connectivity index is 1.48. The molecule has 1 unspecified atom stereocenters. The first-order valence-electron chi connectivity index (χ1n) is 6.52. The zero-order valence-corrected chi connectivity index (χ0v) is 11.9. The Bertz CT molecular complexity index is 394. The van der Waals surface area contributed by atoms with E-state index in [1.807, 2.05) is 12.1 Å². The SMILES string of the molecule is Brc1ccc(NCC2CN(C3CC3)CCO2)nc1. The lowest BCUT2D eigenvalue weighted by atomic mass is 10.2. The molecule has 0 amide bonds. The number of rotatable bonds is 4. The van der Waals surface area contributed by atoms with E-state index in [1.165, 1.54) is 12.8 Å². The van der Waals surface area contributed by atoms with Gasteiger partial charge in [-0.25, -0.2) is 4.98 Å². The minimum absolute atomic E-state index is 0.282. The number of aromatic nitrogens is 1. The third-order valence-electron chi connectivity index (χ3n) is 3.47. The van der Waals surface area contributed by atoms with Gasteiger partial charge in [-0.15, -0.1) is 0 Å². The highest BCUT2D eigenvalue weighted by Gasteiger charge is 2.32. The first-order valence-corrected chi connectivity index (χ1v) is 7.31. The standard InChI is InChI=1S/C13H18BrN3O/c14-10-1-4-13(15-7-10)16-8-12-9-17(5-6-18-12)11-2-3-11/h1,4,7,11-12H,2-3,5-6,8-9H2,(H,15,16). The van der Waals surface area contributed by atoms with Crippen LogP contribution in [-0.4, -0.2) is 48.3 Å². The number of morpholine rings is 1. The Morgan fingerprint density at radius 2 is 2.33 bits per heavy atom. The zero-order chi connectivity index (χ0) is 12.4. The molecule has 2 aliphatic rings. The Kier molecular flexibility index (Phi) is 3.82. The van der Waals surface area contributed by atoms with Gasteiger partial charge in [-0.1, -0.05) is 0 Å². The maximum atomic E-state index is 5.79. The molecule has 1 aromatic heterocycles. The van der Waals surface area contributed by atoms with E-state index in [0.717, 1.165) is 42.6 Å². The van der Waals surface area contributed by atoms with E-state index in [-0.39, 0.29) is 6.10 Å². The van der Waals surface area contributed by atoms with E-state index < -0.39 is 0 Å². The van der Waals surface area contributed by atoms with Gasteiger partial charge in [-0.05, 0) is 40.9 Å². The first kappa shape index (κ1) is 12.4. The molecule has 1 atom stereocenters. The van der Waals surface area contributed by atoms with E-state index in [0.29, 0.717) is 0 Å². The Labute approximate surface area is 116 Å². The number of nitrogens with one attached hydrogen (secondary N) is 1. The van der Waals surface area contributed by atoms with Crippen LogP contribution < -0.4 is 5.32 Å². The fourth-order valence-corrected chi connectivity index (χ4v) is 2.57. The fourth-order valence-electron chi connectivity index (χ4n) is 2.34. The first-order chi connectivity index (χ1) is 8.81. The Morgan fingerprint density at radius 1 is 1.44 bits per heavy atom. The van der Waals surface area contributed by atoms with Crippen LogP contribution in [0, 0.1) is 0 Å². The molecule has 1 aliphatic carbocycles. The van der Waals surface area contributed by atoms with Gasteiger partial charge < -0.3 is 10.1 Å².